The lowest BCUT2D eigenvalue weighted by atomic mass is 10.2. The van der Waals surface area contributed by atoms with Crippen molar-refractivity contribution < 1.29 is 14.3 Å². The van der Waals surface area contributed by atoms with Crippen LogP contribution in [0.2, 0.25) is 0 Å². The van der Waals surface area contributed by atoms with Gasteiger partial charge < -0.3 is 19.7 Å². The maximum atomic E-state index is 12.5. The highest BCUT2D eigenvalue weighted by Gasteiger charge is 2.12. The number of aromatic nitrogens is 1. The molecule has 0 saturated heterocycles. The maximum Gasteiger partial charge on any atom is 0.230 e. The fraction of sp³-hybridized carbons (Fsp3) is 0.273. The molecule has 1 heterocycles. The van der Waals surface area contributed by atoms with Crippen LogP contribution in [-0.2, 0) is 11.2 Å². The molecule has 0 atom stereocenters. The second-order valence-corrected chi connectivity index (χ2v) is 7.36. The molecule has 0 aliphatic heterocycles. The number of anilines is 2. The summed E-state index contributed by atoms with van der Waals surface area (Å²) in [6, 6.07) is 13.5. The molecule has 0 unspecified atom stereocenters. The van der Waals surface area contributed by atoms with Crippen molar-refractivity contribution in [1.29, 1.82) is 0 Å². The number of amides is 1. The van der Waals surface area contributed by atoms with E-state index in [0.717, 1.165) is 34.2 Å². The monoisotopic (exact) mass is 411 g/mol. The molecule has 0 bridgehead atoms. The Morgan fingerprint density at radius 3 is 2.66 bits per heavy atom. The third kappa shape index (κ3) is 5.06. The topological polar surface area (TPSA) is 63.7 Å². The van der Waals surface area contributed by atoms with Gasteiger partial charge in [0.2, 0.25) is 5.91 Å². The molecule has 1 N–H and O–H groups in total. The lowest BCUT2D eigenvalue weighted by molar-refractivity contribution is -0.115. The molecule has 152 valence electrons. The van der Waals surface area contributed by atoms with Crippen molar-refractivity contribution in [2.75, 3.05) is 38.0 Å². The standard InChI is InChI=1S/C22H25N3O3S/c1-5-25(2)18-8-6-7-16(12-18)23-21(26)13-17-14-29-22(24-17)15-9-10-19(27-3)20(11-15)28-4/h6-12,14H,5,13H2,1-4H3,(H,23,26). The second-order valence-electron chi connectivity index (χ2n) is 6.50. The smallest absolute Gasteiger partial charge is 0.230 e. The van der Waals surface area contributed by atoms with E-state index in [0.29, 0.717) is 11.5 Å². The molecule has 1 amide bonds. The van der Waals surface area contributed by atoms with E-state index in [2.05, 4.69) is 22.1 Å². The van der Waals surface area contributed by atoms with Crippen molar-refractivity contribution >= 4 is 28.6 Å². The van der Waals surface area contributed by atoms with Crippen molar-refractivity contribution in [2.45, 2.75) is 13.3 Å². The number of carbonyl (C=O) groups excluding carboxylic acids is 1. The largest absolute Gasteiger partial charge is 0.493 e. The minimum atomic E-state index is -0.0922. The second kappa shape index (κ2) is 9.43. The summed E-state index contributed by atoms with van der Waals surface area (Å²) < 4.78 is 10.6. The molecule has 3 aromatic rings. The first-order chi connectivity index (χ1) is 14.0. The van der Waals surface area contributed by atoms with E-state index in [9.17, 15) is 4.79 Å². The van der Waals surface area contributed by atoms with Crippen LogP contribution in [0.25, 0.3) is 10.6 Å². The van der Waals surface area contributed by atoms with Crippen LogP contribution in [0, 0.1) is 0 Å². The third-order valence-corrected chi connectivity index (χ3v) is 5.51. The van der Waals surface area contributed by atoms with Gasteiger partial charge in [0.1, 0.15) is 5.01 Å². The summed E-state index contributed by atoms with van der Waals surface area (Å²) in [5.74, 6) is 1.23. The lowest BCUT2D eigenvalue weighted by Gasteiger charge is -2.17. The number of carbonyl (C=O) groups is 1. The highest BCUT2D eigenvalue weighted by Crippen LogP contribution is 2.33. The van der Waals surface area contributed by atoms with Gasteiger partial charge in [-0.05, 0) is 43.3 Å². The van der Waals surface area contributed by atoms with Gasteiger partial charge in [0.15, 0.2) is 11.5 Å². The average molecular weight is 412 g/mol. The number of nitrogens with zero attached hydrogens (tertiary/aromatic N) is 2. The number of hydrogen-bond acceptors (Lipinski definition) is 6. The normalized spacial score (nSPS) is 10.5. The number of methoxy groups -OCH3 is 2. The van der Waals surface area contributed by atoms with Crippen LogP contribution in [0.5, 0.6) is 11.5 Å². The van der Waals surface area contributed by atoms with Crippen molar-refractivity contribution in [3.63, 3.8) is 0 Å². The van der Waals surface area contributed by atoms with E-state index < -0.39 is 0 Å². The Balaban J connectivity index is 1.68. The Morgan fingerprint density at radius 1 is 1.14 bits per heavy atom. The quantitative estimate of drug-likeness (QED) is 0.593. The molecule has 1 aromatic heterocycles. The van der Waals surface area contributed by atoms with E-state index in [1.54, 1.807) is 14.2 Å². The molecule has 29 heavy (non-hydrogen) atoms. The summed E-state index contributed by atoms with van der Waals surface area (Å²) in [5.41, 5.74) is 3.51. The lowest BCUT2D eigenvalue weighted by Crippen LogP contribution is -2.17. The Kier molecular flexibility index (Phi) is 6.72. The molecule has 3 rings (SSSR count). The number of ether oxygens (including phenoxy) is 2. The van der Waals surface area contributed by atoms with Crippen LogP contribution in [0.1, 0.15) is 12.6 Å². The molecule has 0 fully saturated rings. The zero-order valence-electron chi connectivity index (χ0n) is 17.1. The van der Waals surface area contributed by atoms with E-state index in [1.165, 1.54) is 11.3 Å². The van der Waals surface area contributed by atoms with Gasteiger partial charge in [-0.15, -0.1) is 11.3 Å². The Labute approximate surface area is 175 Å². The third-order valence-electron chi connectivity index (χ3n) is 4.57. The summed E-state index contributed by atoms with van der Waals surface area (Å²) in [5, 5.41) is 5.70. The van der Waals surface area contributed by atoms with Gasteiger partial charge in [0.05, 0.1) is 26.3 Å². The van der Waals surface area contributed by atoms with Gasteiger partial charge in [0.25, 0.3) is 0 Å². The number of thiazole rings is 1. The molecular formula is C22H25N3O3S. The van der Waals surface area contributed by atoms with Gasteiger partial charge in [-0.25, -0.2) is 4.98 Å². The molecule has 7 heteroatoms. The summed E-state index contributed by atoms with van der Waals surface area (Å²) >= 11 is 1.50. The summed E-state index contributed by atoms with van der Waals surface area (Å²) in [6.07, 6.45) is 0.220. The van der Waals surface area contributed by atoms with Crippen LogP contribution >= 0.6 is 11.3 Å². The zero-order chi connectivity index (χ0) is 20.8. The summed E-state index contributed by atoms with van der Waals surface area (Å²) in [4.78, 5) is 19.2. The van der Waals surface area contributed by atoms with Crippen molar-refractivity contribution in [3.05, 3.63) is 53.5 Å². The number of rotatable bonds is 8. The first-order valence-electron chi connectivity index (χ1n) is 9.32. The predicted octanol–water partition coefficient (Wildman–Crippen LogP) is 4.46. The molecule has 2 aromatic carbocycles. The van der Waals surface area contributed by atoms with Crippen molar-refractivity contribution in [3.8, 4) is 22.1 Å². The highest BCUT2D eigenvalue weighted by molar-refractivity contribution is 7.13. The van der Waals surface area contributed by atoms with E-state index in [-0.39, 0.29) is 12.3 Å². The highest BCUT2D eigenvalue weighted by atomic mass is 32.1. The van der Waals surface area contributed by atoms with Crippen LogP contribution in [-0.4, -0.2) is 38.7 Å². The molecule has 0 aliphatic rings. The van der Waals surface area contributed by atoms with Gasteiger partial charge >= 0.3 is 0 Å². The van der Waals surface area contributed by atoms with Gasteiger partial charge in [-0.3, -0.25) is 4.79 Å². The Hall–Kier alpha value is -3.06. The average Bonchev–Trinajstić information content (AvgIpc) is 3.20. The fourth-order valence-corrected chi connectivity index (χ4v) is 3.68. The van der Waals surface area contributed by atoms with Crippen LogP contribution < -0.4 is 19.7 Å². The minimum absolute atomic E-state index is 0.0922. The van der Waals surface area contributed by atoms with E-state index >= 15 is 0 Å². The molecule has 6 nitrogen and oxygen atoms in total. The number of nitrogens with one attached hydrogen (secondary N) is 1. The number of hydrogen-bond donors (Lipinski definition) is 1. The van der Waals surface area contributed by atoms with Gasteiger partial charge in [0, 0.05) is 35.9 Å². The molecule has 0 radical (unpaired) electrons. The minimum Gasteiger partial charge on any atom is -0.493 e. The maximum absolute atomic E-state index is 12.5. The first-order valence-corrected chi connectivity index (χ1v) is 10.2. The van der Waals surface area contributed by atoms with E-state index in [1.807, 2.05) is 54.9 Å². The summed E-state index contributed by atoms with van der Waals surface area (Å²) in [7, 11) is 5.23. The van der Waals surface area contributed by atoms with E-state index in [4.69, 9.17) is 9.47 Å². The van der Waals surface area contributed by atoms with Gasteiger partial charge in [-0.1, -0.05) is 6.07 Å². The van der Waals surface area contributed by atoms with Gasteiger partial charge in [-0.2, -0.15) is 0 Å². The van der Waals surface area contributed by atoms with Crippen molar-refractivity contribution in [2.24, 2.45) is 0 Å². The molecule has 0 saturated carbocycles. The van der Waals surface area contributed by atoms with Crippen LogP contribution in [0.15, 0.2) is 47.8 Å². The molecule has 0 aliphatic carbocycles. The number of benzene rings is 2. The summed E-state index contributed by atoms with van der Waals surface area (Å²) in [6.45, 7) is 2.98. The van der Waals surface area contributed by atoms with Crippen molar-refractivity contribution in [1.82, 2.24) is 4.98 Å². The molecule has 0 spiro atoms. The zero-order valence-corrected chi connectivity index (χ0v) is 17.9. The Bertz CT molecular complexity index is 987. The predicted molar refractivity (Wildman–Crippen MR) is 118 cm³/mol. The van der Waals surface area contributed by atoms with Crippen LogP contribution in [0.3, 0.4) is 0 Å². The first kappa shape index (κ1) is 20.7. The fourth-order valence-electron chi connectivity index (χ4n) is 2.86. The molecular weight excluding hydrogens is 386 g/mol. The SMILES string of the molecule is CCN(C)c1cccc(NC(=O)Cc2csc(-c3ccc(OC)c(OC)c3)n2)c1. The van der Waals surface area contributed by atoms with Crippen LogP contribution in [0.4, 0.5) is 11.4 Å². The Morgan fingerprint density at radius 2 is 1.93 bits per heavy atom.